The Morgan fingerprint density at radius 3 is 2.95 bits per heavy atom. The van der Waals surface area contributed by atoms with E-state index < -0.39 is 0 Å². The smallest absolute Gasteiger partial charge is 0.258 e. The van der Waals surface area contributed by atoms with E-state index in [9.17, 15) is 4.79 Å². The molecule has 0 aromatic carbocycles. The number of amides is 1. The molecule has 0 saturated heterocycles. The van der Waals surface area contributed by atoms with Gasteiger partial charge < -0.3 is 5.32 Å². The molecule has 0 saturated carbocycles. The zero-order chi connectivity index (χ0) is 15.0. The van der Waals surface area contributed by atoms with Gasteiger partial charge in [-0.2, -0.15) is 10.2 Å². The topological polar surface area (TPSA) is 88.5 Å². The van der Waals surface area contributed by atoms with Gasteiger partial charge in [-0.15, -0.1) is 0 Å². The molecular weight excluding hydrogens is 268 g/mol. The highest BCUT2D eigenvalue weighted by molar-refractivity contribution is 6.05. The highest BCUT2D eigenvalue weighted by Crippen LogP contribution is 2.17. The largest absolute Gasteiger partial charge is 0.305 e. The fourth-order valence-electron chi connectivity index (χ4n) is 2.23. The number of nitrogens with one attached hydrogen (secondary N) is 2. The maximum Gasteiger partial charge on any atom is 0.258 e. The number of pyridine rings is 1. The van der Waals surface area contributed by atoms with Gasteiger partial charge in [0.2, 0.25) is 0 Å². The monoisotopic (exact) mass is 284 g/mol. The van der Waals surface area contributed by atoms with Gasteiger partial charge in [0, 0.05) is 30.4 Å². The second kappa shape index (κ2) is 5.01. The highest BCUT2D eigenvalue weighted by Gasteiger charge is 2.13. The lowest BCUT2D eigenvalue weighted by atomic mass is 10.2. The maximum absolute atomic E-state index is 12.2. The van der Waals surface area contributed by atoms with Crippen molar-refractivity contribution in [1.29, 1.82) is 0 Å². The van der Waals surface area contributed by atoms with Gasteiger partial charge in [0.25, 0.3) is 5.91 Å². The molecule has 0 spiro atoms. The number of H-pyrrole nitrogens is 1. The van der Waals surface area contributed by atoms with Crippen LogP contribution < -0.4 is 5.32 Å². The number of aryl methyl sites for hydroxylation is 3. The van der Waals surface area contributed by atoms with Crippen LogP contribution in [0.2, 0.25) is 0 Å². The first-order chi connectivity index (χ1) is 10.1. The van der Waals surface area contributed by atoms with Crippen molar-refractivity contribution in [2.45, 2.75) is 20.3 Å². The van der Waals surface area contributed by atoms with E-state index in [0.717, 1.165) is 28.8 Å². The third-order valence-electron chi connectivity index (χ3n) is 3.38. The van der Waals surface area contributed by atoms with Gasteiger partial charge in [-0.25, -0.2) is 4.98 Å². The quantitative estimate of drug-likeness (QED) is 0.767. The van der Waals surface area contributed by atoms with Crippen molar-refractivity contribution < 1.29 is 4.79 Å². The van der Waals surface area contributed by atoms with Crippen molar-refractivity contribution in [3.63, 3.8) is 0 Å². The van der Waals surface area contributed by atoms with Crippen LogP contribution in [0, 0.1) is 6.92 Å². The van der Waals surface area contributed by atoms with E-state index in [0.29, 0.717) is 11.4 Å². The number of anilines is 1. The molecule has 3 aromatic rings. The molecule has 3 heterocycles. The third kappa shape index (κ3) is 2.37. The summed E-state index contributed by atoms with van der Waals surface area (Å²) in [7, 11) is 1.83. The van der Waals surface area contributed by atoms with Crippen LogP contribution >= 0.6 is 0 Å². The number of carbonyl (C=O) groups excluding carboxylic acids is 1. The molecule has 3 rings (SSSR count). The molecule has 108 valence electrons. The van der Waals surface area contributed by atoms with Gasteiger partial charge in [-0.05, 0) is 19.4 Å². The highest BCUT2D eigenvalue weighted by atomic mass is 16.1. The van der Waals surface area contributed by atoms with Crippen molar-refractivity contribution in [3.8, 4) is 0 Å². The lowest BCUT2D eigenvalue weighted by molar-refractivity contribution is 0.102. The third-order valence-corrected chi connectivity index (χ3v) is 3.38. The fourth-order valence-corrected chi connectivity index (χ4v) is 2.23. The second-order valence-corrected chi connectivity index (χ2v) is 4.89. The molecule has 0 aliphatic rings. The Morgan fingerprint density at radius 1 is 1.43 bits per heavy atom. The number of carbonyl (C=O) groups is 1. The first kappa shape index (κ1) is 13.3. The SMILES string of the molecule is CCc1cc(NC(=O)c2cnc3c(c2)c(C)nn3C)n[nH]1. The molecule has 7 nitrogen and oxygen atoms in total. The summed E-state index contributed by atoms with van der Waals surface area (Å²) in [5.74, 6) is 0.279. The van der Waals surface area contributed by atoms with Crippen LogP contribution in [0.1, 0.15) is 28.7 Å². The average molecular weight is 284 g/mol. The van der Waals surface area contributed by atoms with Crippen LogP contribution in [-0.4, -0.2) is 30.9 Å². The molecule has 3 aromatic heterocycles. The maximum atomic E-state index is 12.2. The van der Waals surface area contributed by atoms with Crippen molar-refractivity contribution >= 4 is 22.8 Å². The molecule has 0 atom stereocenters. The number of aromatic nitrogens is 5. The van der Waals surface area contributed by atoms with E-state index in [-0.39, 0.29) is 5.91 Å². The molecular formula is C14H16N6O. The number of hydrogen-bond donors (Lipinski definition) is 2. The molecule has 0 bridgehead atoms. The second-order valence-electron chi connectivity index (χ2n) is 4.89. The Balaban J connectivity index is 1.89. The van der Waals surface area contributed by atoms with E-state index in [2.05, 4.69) is 25.6 Å². The molecule has 0 unspecified atom stereocenters. The number of aromatic amines is 1. The molecule has 0 aliphatic heterocycles. The van der Waals surface area contributed by atoms with E-state index in [1.807, 2.05) is 27.0 Å². The minimum atomic E-state index is -0.234. The molecule has 0 radical (unpaired) electrons. The zero-order valence-electron chi connectivity index (χ0n) is 12.1. The van der Waals surface area contributed by atoms with E-state index in [1.54, 1.807) is 16.9 Å². The van der Waals surface area contributed by atoms with Crippen LogP contribution in [0.25, 0.3) is 11.0 Å². The molecule has 7 heteroatoms. The van der Waals surface area contributed by atoms with Crippen LogP contribution in [-0.2, 0) is 13.5 Å². The van der Waals surface area contributed by atoms with E-state index in [1.165, 1.54) is 0 Å². The van der Waals surface area contributed by atoms with Crippen LogP contribution in [0.15, 0.2) is 18.3 Å². The summed E-state index contributed by atoms with van der Waals surface area (Å²) in [5, 5.41) is 14.8. The number of rotatable bonds is 3. The minimum absolute atomic E-state index is 0.234. The van der Waals surface area contributed by atoms with Gasteiger partial charge in [-0.3, -0.25) is 14.6 Å². The van der Waals surface area contributed by atoms with E-state index >= 15 is 0 Å². The van der Waals surface area contributed by atoms with Crippen molar-refractivity contribution in [1.82, 2.24) is 25.0 Å². The van der Waals surface area contributed by atoms with Crippen LogP contribution in [0.4, 0.5) is 5.82 Å². The van der Waals surface area contributed by atoms with Crippen LogP contribution in [0.5, 0.6) is 0 Å². The average Bonchev–Trinajstić information content (AvgIpc) is 3.04. The first-order valence-corrected chi connectivity index (χ1v) is 6.73. The van der Waals surface area contributed by atoms with Gasteiger partial charge in [0.05, 0.1) is 11.3 Å². The lowest BCUT2D eigenvalue weighted by Crippen LogP contribution is -2.12. The Kier molecular flexibility index (Phi) is 3.17. The fraction of sp³-hybridized carbons (Fsp3) is 0.286. The molecule has 2 N–H and O–H groups in total. The van der Waals surface area contributed by atoms with E-state index in [4.69, 9.17) is 0 Å². The predicted molar refractivity (Wildman–Crippen MR) is 79.2 cm³/mol. The Labute approximate surface area is 121 Å². The molecule has 1 amide bonds. The normalized spacial score (nSPS) is 11.0. The number of hydrogen-bond acceptors (Lipinski definition) is 4. The number of fused-ring (bicyclic) bond motifs is 1. The summed E-state index contributed by atoms with van der Waals surface area (Å²) in [6.45, 7) is 3.91. The summed E-state index contributed by atoms with van der Waals surface area (Å²) in [5.41, 5.74) is 3.07. The Hall–Kier alpha value is -2.70. The molecule has 0 aliphatic carbocycles. The lowest BCUT2D eigenvalue weighted by Gasteiger charge is -2.02. The van der Waals surface area contributed by atoms with Gasteiger partial charge in [0.1, 0.15) is 0 Å². The zero-order valence-corrected chi connectivity index (χ0v) is 12.1. The summed E-state index contributed by atoms with van der Waals surface area (Å²) < 4.78 is 1.70. The van der Waals surface area contributed by atoms with Crippen molar-refractivity contribution in [2.75, 3.05) is 5.32 Å². The number of nitrogens with zero attached hydrogens (tertiary/aromatic N) is 4. The predicted octanol–water partition coefficient (Wildman–Crippen LogP) is 1.81. The Morgan fingerprint density at radius 2 is 2.24 bits per heavy atom. The van der Waals surface area contributed by atoms with Gasteiger partial charge >= 0.3 is 0 Å². The van der Waals surface area contributed by atoms with Gasteiger partial charge in [0.15, 0.2) is 11.5 Å². The first-order valence-electron chi connectivity index (χ1n) is 6.73. The summed E-state index contributed by atoms with van der Waals surface area (Å²) >= 11 is 0. The van der Waals surface area contributed by atoms with Crippen molar-refractivity contribution in [3.05, 3.63) is 35.3 Å². The standard InChI is InChI=1S/C14H16N6O/c1-4-10-6-12(18-17-10)16-14(21)9-5-11-8(2)19-20(3)13(11)15-7-9/h5-7H,4H2,1-3H3,(H2,16,17,18,21). The summed E-state index contributed by atoms with van der Waals surface area (Å²) in [6.07, 6.45) is 2.39. The summed E-state index contributed by atoms with van der Waals surface area (Å²) in [6, 6.07) is 3.62. The Bertz CT molecular complexity index is 816. The minimum Gasteiger partial charge on any atom is -0.305 e. The van der Waals surface area contributed by atoms with Crippen molar-refractivity contribution in [2.24, 2.45) is 7.05 Å². The van der Waals surface area contributed by atoms with Gasteiger partial charge in [-0.1, -0.05) is 6.92 Å². The summed E-state index contributed by atoms with van der Waals surface area (Å²) in [4.78, 5) is 16.5. The van der Waals surface area contributed by atoms with Crippen LogP contribution in [0.3, 0.4) is 0 Å². The molecule has 0 fully saturated rings. The molecule has 21 heavy (non-hydrogen) atoms.